The Hall–Kier alpha value is -3.62. The van der Waals surface area contributed by atoms with Crippen molar-refractivity contribution in [2.75, 3.05) is 0 Å². The third-order valence-corrected chi connectivity index (χ3v) is 6.09. The molecule has 0 fully saturated rings. The third-order valence-electron chi connectivity index (χ3n) is 6.09. The predicted molar refractivity (Wildman–Crippen MR) is 144 cm³/mol. The molecule has 0 aliphatic carbocycles. The fourth-order valence-corrected chi connectivity index (χ4v) is 3.81. The smallest absolute Gasteiger partial charge is 0.408 e. The zero-order valence-electron chi connectivity index (χ0n) is 23.4. The molecule has 1 aromatic heterocycles. The summed E-state index contributed by atoms with van der Waals surface area (Å²) in [4.78, 5) is 52.4. The largest absolute Gasteiger partial charge is 0.461 e. The second-order valence-corrected chi connectivity index (χ2v) is 10.8. The van der Waals surface area contributed by atoms with Crippen LogP contribution in [0.2, 0.25) is 0 Å². The summed E-state index contributed by atoms with van der Waals surface area (Å²) in [5.74, 6) is -1.67. The molecule has 1 aromatic carbocycles. The van der Waals surface area contributed by atoms with Crippen LogP contribution in [0.25, 0.3) is 0 Å². The summed E-state index contributed by atoms with van der Waals surface area (Å²) in [6, 6.07) is 9.65. The Morgan fingerprint density at radius 1 is 0.868 bits per heavy atom. The minimum absolute atomic E-state index is 0.158. The lowest BCUT2D eigenvalue weighted by Crippen LogP contribution is -2.58. The molecular weight excluding hydrogens is 486 g/mol. The van der Waals surface area contributed by atoms with Crippen molar-refractivity contribution in [2.24, 2.45) is 11.8 Å². The molecule has 0 unspecified atom stereocenters. The first-order valence-corrected chi connectivity index (χ1v) is 13.0. The van der Waals surface area contributed by atoms with E-state index in [9.17, 15) is 19.2 Å². The van der Waals surface area contributed by atoms with E-state index in [0.29, 0.717) is 6.42 Å². The Kier molecular flexibility index (Phi) is 11.1. The van der Waals surface area contributed by atoms with Crippen molar-refractivity contribution in [1.82, 2.24) is 16.0 Å². The summed E-state index contributed by atoms with van der Waals surface area (Å²) in [6.07, 6.45) is 1.52. The monoisotopic (exact) mass is 527 g/mol. The molecule has 1 heterocycles. The average Bonchev–Trinajstić information content (AvgIpc) is 3.38. The number of ether oxygens (including phenoxy) is 1. The van der Waals surface area contributed by atoms with Gasteiger partial charge in [0.1, 0.15) is 17.7 Å². The highest BCUT2D eigenvalue weighted by Crippen LogP contribution is 2.16. The van der Waals surface area contributed by atoms with Gasteiger partial charge in [-0.3, -0.25) is 14.4 Å². The molecule has 3 amide bonds. The van der Waals surface area contributed by atoms with E-state index in [1.165, 1.54) is 6.26 Å². The minimum atomic E-state index is -0.989. The van der Waals surface area contributed by atoms with Crippen LogP contribution >= 0.6 is 0 Å². The molecule has 2 rings (SSSR count). The molecule has 0 saturated carbocycles. The second-order valence-electron chi connectivity index (χ2n) is 10.8. The lowest BCUT2D eigenvalue weighted by atomic mass is 9.93. The van der Waals surface area contributed by atoms with Gasteiger partial charge in [0.05, 0.1) is 12.3 Å². The topological polar surface area (TPSA) is 127 Å². The molecule has 4 atom stereocenters. The van der Waals surface area contributed by atoms with Crippen LogP contribution in [0, 0.1) is 11.8 Å². The van der Waals surface area contributed by atoms with Crippen molar-refractivity contribution in [2.45, 2.75) is 85.0 Å². The summed E-state index contributed by atoms with van der Waals surface area (Å²) in [5.41, 5.74) is 0.0825. The van der Waals surface area contributed by atoms with E-state index in [4.69, 9.17) is 9.15 Å². The van der Waals surface area contributed by atoms with Gasteiger partial charge in [-0.2, -0.15) is 0 Å². The van der Waals surface area contributed by atoms with Crippen molar-refractivity contribution in [3.8, 4) is 0 Å². The average molecular weight is 528 g/mol. The van der Waals surface area contributed by atoms with Gasteiger partial charge in [-0.1, -0.05) is 64.4 Å². The number of amides is 3. The van der Waals surface area contributed by atoms with Crippen LogP contribution in [0.15, 0.2) is 53.1 Å². The fraction of sp³-hybridized carbons (Fsp3) is 0.517. The molecule has 2 aromatic rings. The number of carbonyl (C=O) groups excluding carboxylic acids is 4. The Labute approximate surface area is 225 Å². The van der Waals surface area contributed by atoms with E-state index >= 15 is 0 Å². The van der Waals surface area contributed by atoms with Crippen LogP contribution in [0.1, 0.15) is 71.0 Å². The van der Waals surface area contributed by atoms with Gasteiger partial charge < -0.3 is 25.1 Å². The van der Waals surface area contributed by atoms with Crippen molar-refractivity contribution in [3.63, 3.8) is 0 Å². The van der Waals surface area contributed by atoms with Gasteiger partial charge in [0.2, 0.25) is 17.6 Å². The van der Waals surface area contributed by atoms with E-state index in [2.05, 4.69) is 16.0 Å². The Bertz CT molecular complexity index is 1060. The van der Waals surface area contributed by atoms with Crippen LogP contribution in [0.4, 0.5) is 4.79 Å². The highest BCUT2D eigenvalue weighted by Gasteiger charge is 2.34. The molecule has 0 saturated heterocycles. The van der Waals surface area contributed by atoms with Crippen LogP contribution in [0.3, 0.4) is 0 Å². The van der Waals surface area contributed by atoms with Gasteiger partial charge in [-0.15, -0.1) is 0 Å². The van der Waals surface area contributed by atoms with Crippen molar-refractivity contribution in [3.05, 3.63) is 60.1 Å². The summed E-state index contributed by atoms with van der Waals surface area (Å²) in [7, 11) is 0. The van der Waals surface area contributed by atoms with Crippen molar-refractivity contribution in [1.29, 1.82) is 0 Å². The first kappa shape index (κ1) is 30.6. The van der Waals surface area contributed by atoms with E-state index < -0.39 is 41.6 Å². The van der Waals surface area contributed by atoms with Crippen molar-refractivity contribution < 1.29 is 28.3 Å². The summed E-state index contributed by atoms with van der Waals surface area (Å²) in [5, 5.41) is 8.25. The molecule has 0 spiro atoms. The van der Waals surface area contributed by atoms with Gasteiger partial charge in [0, 0.05) is 6.42 Å². The zero-order valence-corrected chi connectivity index (χ0v) is 23.4. The van der Waals surface area contributed by atoms with Gasteiger partial charge in [0.25, 0.3) is 0 Å². The predicted octanol–water partition coefficient (Wildman–Crippen LogP) is 4.27. The number of rotatable bonds is 12. The van der Waals surface area contributed by atoms with Crippen LogP contribution in [-0.2, 0) is 20.7 Å². The second kappa shape index (κ2) is 13.8. The normalized spacial score (nSPS) is 14.6. The van der Waals surface area contributed by atoms with Crippen LogP contribution in [-0.4, -0.2) is 47.4 Å². The Morgan fingerprint density at radius 3 is 2.03 bits per heavy atom. The quantitative estimate of drug-likeness (QED) is 0.354. The summed E-state index contributed by atoms with van der Waals surface area (Å²) < 4.78 is 10.6. The molecular formula is C29H41N3O6. The standard InChI is InChI=1S/C29H41N3O6/c1-8-19(4)24(25(33)22-15-12-16-37-22)32-27(35)23(18(2)3)31-26(34)21(17-20-13-10-9-11-14-20)30-28(36)38-29(5,6)7/h9-16,18-19,21,23-24H,8,17H2,1-7H3,(H,30,36)(H,31,34)(H,32,35)/t19-,21-,23-,24-/m0/s1. The molecule has 3 N–H and O–H groups in total. The number of nitrogens with one attached hydrogen (secondary N) is 3. The maximum Gasteiger partial charge on any atom is 0.408 e. The summed E-state index contributed by atoms with van der Waals surface area (Å²) >= 11 is 0. The SMILES string of the molecule is CC[C@H](C)[C@H](NC(=O)[C@@H](NC(=O)[C@H](Cc1ccccc1)NC(=O)OC(C)(C)C)C(C)C)C(=O)c1ccco1. The van der Waals surface area contributed by atoms with Gasteiger partial charge in [0.15, 0.2) is 5.76 Å². The molecule has 0 aliphatic rings. The number of Topliss-reactive ketones (excluding diaryl/α,β-unsaturated/α-hetero) is 1. The molecule has 0 radical (unpaired) electrons. The molecule has 9 heteroatoms. The highest BCUT2D eigenvalue weighted by atomic mass is 16.6. The van der Waals surface area contributed by atoms with E-state index in [0.717, 1.165) is 5.56 Å². The lowest BCUT2D eigenvalue weighted by Gasteiger charge is -2.29. The van der Waals surface area contributed by atoms with E-state index in [1.54, 1.807) is 46.8 Å². The molecule has 0 aliphatic heterocycles. The number of furan rings is 1. The minimum Gasteiger partial charge on any atom is -0.461 e. The van der Waals surface area contributed by atoms with Crippen molar-refractivity contribution >= 4 is 23.7 Å². The lowest BCUT2D eigenvalue weighted by molar-refractivity contribution is -0.131. The molecule has 0 bridgehead atoms. The molecule has 9 nitrogen and oxygen atoms in total. The third kappa shape index (κ3) is 9.36. The maximum atomic E-state index is 13.4. The first-order valence-electron chi connectivity index (χ1n) is 13.0. The molecule has 208 valence electrons. The van der Waals surface area contributed by atoms with Gasteiger partial charge >= 0.3 is 6.09 Å². The zero-order chi connectivity index (χ0) is 28.5. The van der Waals surface area contributed by atoms with E-state index in [-0.39, 0.29) is 29.8 Å². The van der Waals surface area contributed by atoms with E-state index in [1.807, 2.05) is 44.2 Å². The van der Waals surface area contributed by atoms with Gasteiger partial charge in [-0.25, -0.2) is 4.79 Å². The first-order chi connectivity index (χ1) is 17.8. The van der Waals surface area contributed by atoms with Crippen LogP contribution in [0.5, 0.6) is 0 Å². The number of hydrogen-bond donors (Lipinski definition) is 3. The number of ketones is 1. The number of benzene rings is 1. The number of alkyl carbamates (subject to hydrolysis) is 1. The van der Waals surface area contributed by atoms with Gasteiger partial charge in [-0.05, 0) is 50.3 Å². The number of carbonyl (C=O) groups is 4. The van der Waals surface area contributed by atoms with Crippen LogP contribution < -0.4 is 16.0 Å². The maximum absolute atomic E-state index is 13.4. The highest BCUT2D eigenvalue weighted by molar-refractivity contribution is 6.01. The molecule has 38 heavy (non-hydrogen) atoms. The Morgan fingerprint density at radius 2 is 1.50 bits per heavy atom. The number of hydrogen-bond acceptors (Lipinski definition) is 6. The summed E-state index contributed by atoms with van der Waals surface area (Å²) in [6.45, 7) is 12.6. The fourth-order valence-electron chi connectivity index (χ4n) is 3.81. The Balaban J connectivity index is 2.23.